The second-order valence-electron chi connectivity index (χ2n) is 7.22. The number of hydrazine groups is 1. The van der Waals surface area contributed by atoms with Crippen LogP contribution in [0.25, 0.3) is 11.0 Å². The molecule has 162 valence electrons. The number of hydrazone groups is 1. The summed E-state index contributed by atoms with van der Waals surface area (Å²) in [5.41, 5.74) is 3.12. The molecule has 4 rings (SSSR count). The number of anilines is 1. The van der Waals surface area contributed by atoms with E-state index in [-0.39, 0.29) is 28.9 Å². The van der Waals surface area contributed by atoms with Crippen molar-refractivity contribution < 1.29 is 22.7 Å². The summed E-state index contributed by atoms with van der Waals surface area (Å²) >= 11 is 0. The topological polar surface area (TPSA) is 128 Å². The van der Waals surface area contributed by atoms with Crippen molar-refractivity contribution in [2.75, 3.05) is 5.32 Å². The third-order valence-electron chi connectivity index (χ3n) is 5.23. The van der Waals surface area contributed by atoms with E-state index in [0.717, 1.165) is 37.8 Å². The highest BCUT2D eigenvalue weighted by atomic mass is 19.1. The molecular weight excluding hydrogens is 408 g/mol. The Labute approximate surface area is 176 Å². The van der Waals surface area contributed by atoms with Crippen molar-refractivity contribution in [3.8, 4) is 5.75 Å². The first kappa shape index (κ1) is 20.6. The highest BCUT2D eigenvalue weighted by Gasteiger charge is 2.21. The number of hydrogen-bond acceptors (Lipinski definition) is 6. The van der Waals surface area contributed by atoms with Gasteiger partial charge in [0.15, 0.2) is 23.2 Å². The molecular formula is C21H21F2N5O3. The fourth-order valence-electron chi connectivity index (χ4n) is 3.64. The van der Waals surface area contributed by atoms with Gasteiger partial charge in [-0.15, -0.1) is 0 Å². The molecule has 1 aliphatic rings. The van der Waals surface area contributed by atoms with E-state index in [1.807, 2.05) is 0 Å². The van der Waals surface area contributed by atoms with Crippen LogP contribution in [-0.4, -0.2) is 17.8 Å². The number of hydrogen-bond donors (Lipinski definition) is 4. The molecule has 10 heteroatoms. The van der Waals surface area contributed by atoms with Crippen LogP contribution >= 0.6 is 0 Å². The number of benzene rings is 2. The summed E-state index contributed by atoms with van der Waals surface area (Å²) in [5, 5.41) is 6.36. The average molecular weight is 429 g/mol. The minimum Gasteiger partial charge on any atom is -0.487 e. The van der Waals surface area contributed by atoms with E-state index in [9.17, 15) is 13.6 Å². The number of fused-ring (bicyclic) bond motifs is 1. The third-order valence-corrected chi connectivity index (χ3v) is 5.23. The van der Waals surface area contributed by atoms with Crippen molar-refractivity contribution in [1.29, 1.82) is 0 Å². The van der Waals surface area contributed by atoms with Gasteiger partial charge in [0.2, 0.25) is 0 Å². The maximum atomic E-state index is 14.5. The van der Waals surface area contributed by atoms with Crippen molar-refractivity contribution >= 4 is 28.4 Å². The predicted molar refractivity (Wildman–Crippen MR) is 111 cm³/mol. The molecule has 1 amide bonds. The molecule has 3 aromatic rings. The van der Waals surface area contributed by atoms with Gasteiger partial charge in [-0.25, -0.2) is 14.6 Å². The van der Waals surface area contributed by atoms with Gasteiger partial charge in [0.05, 0.1) is 17.4 Å². The van der Waals surface area contributed by atoms with Gasteiger partial charge in [-0.3, -0.25) is 4.79 Å². The van der Waals surface area contributed by atoms with Gasteiger partial charge in [-0.05, 0) is 37.8 Å². The Kier molecular flexibility index (Phi) is 5.72. The number of carbonyl (C=O) groups excluding carboxylic acids is 1. The fraction of sp³-hybridized carbons (Fsp3) is 0.238. The van der Waals surface area contributed by atoms with Crippen molar-refractivity contribution in [3.63, 3.8) is 0 Å². The number of amidine groups is 1. The lowest BCUT2D eigenvalue weighted by Crippen LogP contribution is -2.31. The Morgan fingerprint density at radius 3 is 2.65 bits per heavy atom. The summed E-state index contributed by atoms with van der Waals surface area (Å²) in [4.78, 5) is 12.7. The van der Waals surface area contributed by atoms with Gasteiger partial charge in [-0.1, -0.05) is 6.07 Å². The zero-order chi connectivity index (χ0) is 22.0. The number of halogens is 2. The van der Waals surface area contributed by atoms with Crippen LogP contribution in [0, 0.1) is 11.6 Å². The summed E-state index contributed by atoms with van der Waals surface area (Å²) in [6.07, 6.45) is 4.75. The van der Waals surface area contributed by atoms with Crippen LogP contribution in [-0.2, 0) is 0 Å². The van der Waals surface area contributed by atoms with E-state index in [4.69, 9.17) is 20.8 Å². The lowest BCUT2D eigenvalue weighted by atomic mass is 10.1. The molecule has 2 aromatic carbocycles. The molecule has 1 aliphatic carbocycles. The molecule has 0 aliphatic heterocycles. The number of nitrogens with zero attached hydrogens (tertiary/aromatic N) is 1. The Hall–Kier alpha value is -3.66. The lowest BCUT2D eigenvalue weighted by molar-refractivity contribution is 0.102. The normalized spacial score (nSPS) is 14.7. The molecule has 0 bridgehead atoms. The lowest BCUT2D eigenvalue weighted by Gasteiger charge is -2.15. The van der Waals surface area contributed by atoms with Crippen molar-refractivity contribution in [1.82, 2.24) is 5.43 Å². The van der Waals surface area contributed by atoms with Crippen LogP contribution in [0.15, 0.2) is 46.1 Å². The number of nitrogens with one attached hydrogen (secondary N) is 2. The summed E-state index contributed by atoms with van der Waals surface area (Å²) in [5.74, 6) is 8.48. The van der Waals surface area contributed by atoms with Crippen LogP contribution < -0.4 is 27.2 Å². The fourth-order valence-corrected chi connectivity index (χ4v) is 3.64. The molecule has 0 radical (unpaired) electrons. The number of rotatable bonds is 5. The Morgan fingerprint density at radius 2 is 1.94 bits per heavy atom. The standard InChI is InChI=1S/C21H21F2N5O3/c22-15-9-19(31-12-3-1-2-4-12)16(23)8-17(15)26-21(29)14-10-30-18-7-11(5-6-13(14)18)20(27-24)28-25/h5-10,12H,1-4,24-25H2,(H,26,29)(H,27,28). The SMILES string of the molecule is N/N=C(\NN)c1ccc2c(C(=O)Nc3cc(F)c(OC4CCCC4)cc3F)coc2c1. The number of amides is 1. The first-order chi connectivity index (χ1) is 15.0. The summed E-state index contributed by atoms with van der Waals surface area (Å²) in [6, 6.07) is 6.70. The number of ether oxygens (including phenoxy) is 1. The van der Waals surface area contributed by atoms with Gasteiger partial charge in [0, 0.05) is 23.1 Å². The molecule has 1 heterocycles. The molecule has 0 spiro atoms. The molecule has 1 aromatic heterocycles. The van der Waals surface area contributed by atoms with E-state index in [0.29, 0.717) is 16.5 Å². The minimum absolute atomic E-state index is 0.115. The number of furan rings is 1. The van der Waals surface area contributed by atoms with Crippen molar-refractivity contribution in [2.45, 2.75) is 31.8 Å². The van der Waals surface area contributed by atoms with Crippen LogP contribution in [0.4, 0.5) is 14.5 Å². The van der Waals surface area contributed by atoms with E-state index < -0.39 is 17.5 Å². The number of carbonyl (C=O) groups is 1. The van der Waals surface area contributed by atoms with E-state index >= 15 is 0 Å². The minimum atomic E-state index is -0.796. The highest BCUT2D eigenvalue weighted by Crippen LogP contribution is 2.30. The summed E-state index contributed by atoms with van der Waals surface area (Å²) < 4.78 is 39.9. The monoisotopic (exact) mass is 429 g/mol. The van der Waals surface area contributed by atoms with Gasteiger partial charge < -0.3 is 25.7 Å². The molecule has 6 N–H and O–H groups in total. The van der Waals surface area contributed by atoms with Gasteiger partial charge in [0.25, 0.3) is 5.91 Å². The first-order valence-electron chi connectivity index (χ1n) is 9.73. The van der Waals surface area contributed by atoms with Crippen LogP contribution in [0.5, 0.6) is 5.75 Å². The van der Waals surface area contributed by atoms with E-state index in [1.165, 1.54) is 6.26 Å². The zero-order valence-electron chi connectivity index (χ0n) is 16.5. The predicted octanol–water partition coefficient (Wildman–Crippen LogP) is 3.37. The Morgan fingerprint density at radius 1 is 1.16 bits per heavy atom. The van der Waals surface area contributed by atoms with Gasteiger partial charge in [0.1, 0.15) is 11.8 Å². The highest BCUT2D eigenvalue weighted by molar-refractivity contribution is 6.13. The van der Waals surface area contributed by atoms with E-state index in [2.05, 4.69) is 15.8 Å². The largest absolute Gasteiger partial charge is 0.487 e. The quantitative estimate of drug-likeness (QED) is 0.213. The van der Waals surface area contributed by atoms with Crippen molar-refractivity contribution in [3.05, 3.63) is 59.4 Å². The third kappa shape index (κ3) is 4.15. The van der Waals surface area contributed by atoms with E-state index in [1.54, 1.807) is 18.2 Å². The molecule has 8 nitrogen and oxygen atoms in total. The molecule has 0 unspecified atom stereocenters. The first-order valence-corrected chi connectivity index (χ1v) is 9.73. The molecule has 1 fully saturated rings. The Balaban J connectivity index is 1.55. The average Bonchev–Trinajstić information content (AvgIpc) is 3.42. The molecule has 0 saturated heterocycles. The Bertz CT molecular complexity index is 1160. The van der Waals surface area contributed by atoms with Gasteiger partial charge >= 0.3 is 0 Å². The zero-order valence-corrected chi connectivity index (χ0v) is 16.5. The molecule has 1 saturated carbocycles. The van der Waals surface area contributed by atoms with Crippen LogP contribution in [0.3, 0.4) is 0 Å². The summed E-state index contributed by atoms with van der Waals surface area (Å²) in [6.45, 7) is 0. The maximum absolute atomic E-state index is 14.5. The molecule has 0 atom stereocenters. The van der Waals surface area contributed by atoms with Crippen LogP contribution in [0.1, 0.15) is 41.6 Å². The summed E-state index contributed by atoms with van der Waals surface area (Å²) in [7, 11) is 0. The second kappa shape index (κ2) is 8.60. The van der Waals surface area contributed by atoms with Gasteiger partial charge in [-0.2, -0.15) is 5.10 Å². The maximum Gasteiger partial charge on any atom is 0.259 e. The second-order valence-corrected chi connectivity index (χ2v) is 7.22. The smallest absolute Gasteiger partial charge is 0.259 e. The number of nitrogens with two attached hydrogens (primary N) is 2. The molecule has 31 heavy (non-hydrogen) atoms. The van der Waals surface area contributed by atoms with Crippen LogP contribution in [0.2, 0.25) is 0 Å². The van der Waals surface area contributed by atoms with Crippen molar-refractivity contribution in [2.24, 2.45) is 16.8 Å².